The van der Waals surface area contributed by atoms with E-state index in [1.54, 1.807) is 6.07 Å². The molecule has 0 bridgehead atoms. The van der Waals surface area contributed by atoms with E-state index < -0.39 is 5.97 Å². The maximum absolute atomic E-state index is 12.0. The van der Waals surface area contributed by atoms with E-state index in [1.165, 1.54) is 81.1 Å². The molecule has 1 saturated heterocycles. The zero-order valence-corrected chi connectivity index (χ0v) is 25.4. The predicted octanol–water partition coefficient (Wildman–Crippen LogP) is 7.16. The molecule has 1 saturated carbocycles. The first-order valence-electron chi connectivity index (χ1n) is 16.3. The van der Waals surface area contributed by atoms with Gasteiger partial charge in [-0.15, -0.1) is 0 Å². The molecule has 6 rings (SSSR count). The van der Waals surface area contributed by atoms with E-state index in [0.29, 0.717) is 31.2 Å². The summed E-state index contributed by atoms with van der Waals surface area (Å²) in [5, 5.41) is 11.0. The summed E-state index contributed by atoms with van der Waals surface area (Å²) in [4.78, 5) is 17.0. The highest BCUT2D eigenvalue weighted by Gasteiger charge is 2.31. The number of rotatable bonds is 10. The van der Waals surface area contributed by atoms with E-state index in [-0.39, 0.29) is 6.10 Å². The minimum Gasteiger partial charge on any atom is -0.489 e. The van der Waals surface area contributed by atoms with Crippen molar-refractivity contribution < 1.29 is 19.4 Å². The fourth-order valence-corrected chi connectivity index (χ4v) is 7.38. The largest absolute Gasteiger partial charge is 0.489 e. The Morgan fingerprint density at radius 3 is 2.57 bits per heavy atom. The van der Waals surface area contributed by atoms with Crippen LogP contribution in [-0.2, 0) is 11.3 Å². The van der Waals surface area contributed by atoms with Crippen LogP contribution in [0.2, 0.25) is 0 Å². The minimum absolute atomic E-state index is 0.197. The predicted molar refractivity (Wildman–Crippen MR) is 169 cm³/mol. The van der Waals surface area contributed by atoms with Crippen molar-refractivity contribution in [3.63, 3.8) is 0 Å². The summed E-state index contributed by atoms with van der Waals surface area (Å²) in [7, 11) is 0. The Kier molecular flexibility index (Phi) is 9.06. The number of aromatic carboxylic acids is 1. The summed E-state index contributed by atoms with van der Waals surface area (Å²) in [6.45, 7) is 11.3. The molecule has 3 aliphatic rings. The second-order valence-corrected chi connectivity index (χ2v) is 12.6. The van der Waals surface area contributed by atoms with Crippen molar-refractivity contribution in [1.82, 2.24) is 9.47 Å². The van der Waals surface area contributed by atoms with Crippen LogP contribution >= 0.6 is 0 Å². The molecular formula is C35H47N3O4. The van der Waals surface area contributed by atoms with Crippen LogP contribution in [0.1, 0.15) is 87.1 Å². The molecule has 7 heteroatoms. The molecule has 0 spiro atoms. The van der Waals surface area contributed by atoms with Crippen molar-refractivity contribution in [3.8, 4) is 17.0 Å². The molecule has 2 aliphatic heterocycles. The monoisotopic (exact) mass is 573 g/mol. The van der Waals surface area contributed by atoms with Crippen LogP contribution in [0.4, 0.5) is 5.69 Å². The number of anilines is 1. The van der Waals surface area contributed by atoms with Gasteiger partial charge in [0.05, 0.1) is 36.2 Å². The first-order valence-corrected chi connectivity index (χ1v) is 16.3. The number of likely N-dealkylation sites (tertiary alicyclic amines) is 1. The lowest BCUT2D eigenvalue weighted by Crippen LogP contribution is -2.39. The van der Waals surface area contributed by atoms with Crippen LogP contribution in [0.5, 0.6) is 5.75 Å². The van der Waals surface area contributed by atoms with Gasteiger partial charge in [-0.05, 0) is 88.4 Å². The highest BCUT2D eigenvalue weighted by atomic mass is 16.5. The van der Waals surface area contributed by atoms with Gasteiger partial charge in [0, 0.05) is 36.1 Å². The van der Waals surface area contributed by atoms with Crippen molar-refractivity contribution in [3.05, 3.63) is 47.5 Å². The van der Waals surface area contributed by atoms with Crippen molar-refractivity contribution >= 4 is 22.6 Å². The summed E-state index contributed by atoms with van der Waals surface area (Å²) in [5.41, 5.74) is 6.23. The van der Waals surface area contributed by atoms with E-state index in [0.717, 1.165) is 42.2 Å². The molecular weight excluding hydrogens is 526 g/mol. The van der Waals surface area contributed by atoms with Gasteiger partial charge < -0.3 is 28.9 Å². The number of aromatic nitrogens is 1. The Bertz CT molecular complexity index is 1380. The Morgan fingerprint density at radius 2 is 1.81 bits per heavy atom. The molecule has 1 aromatic heterocycles. The van der Waals surface area contributed by atoms with Gasteiger partial charge in [-0.2, -0.15) is 0 Å². The molecule has 42 heavy (non-hydrogen) atoms. The Labute approximate surface area is 250 Å². The lowest BCUT2D eigenvalue weighted by molar-refractivity contribution is 0.0697. The number of carboxylic acids is 1. The lowest BCUT2D eigenvalue weighted by Gasteiger charge is -2.32. The number of benzene rings is 2. The topological polar surface area (TPSA) is 67.2 Å². The number of piperidine rings is 1. The van der Waals surface area contributed by atoms with E-state index in [2.05, 4.69) is 52.5 Å². The van der Waals surface area contributed by atoms with Gasteiger partial charge in [-0.3, -0.25) is 0 Å². The fourth-order valence-electron chi connectivity index (χ4n) is 7.38. The third-order valence-corrected chi connectivity index (χ3v) is 9.46. The zero-order valence-electron chi connectivity index (χ0n) is 25.4. The summed E-state index contributed by atoms with van der Waals surface area (Å²) in [6.07, 6.45) is 10.3. The number of carbonyl (C=O) groups is 1. The molecule has 3 heterocycles. The van der Waals surface area contributed by atoms with Gasteiger partial charge in [0.1, 0.15) is 6.61 Å². The normalized spacial score (nSPS) is 18.0. The van der Waals surface area contributed by atoms with Crippen LogP contribution < -0.4 is 9.64 Å². The number of hydrogen-bond donors (Lipinski definition) is 1. The fraction of sp³-hybridized carbons (Fsp3) is 0.571. The number of para-hydroxylation sites is 1. The molecule has 226 valence electrons. The first kappa shape index (κ1) is 29.1. The lowest BCUT2D eigenvalue weighted by atomic mass is 9.81. The van der Waals surface area contributed by atoms with Crippen molar-refractivity contribution in [2.24, 2.45) is 0 Å². The number of carboxylic acid groups (broad SMARTS) is 1. The second kappa shape index (κ2) is 13.1. The molecule has 2 fully saturated rings. The average molecular weight is 574 g/mol. The smallest absolute Gasteiger partial charge is 0.335 e. The summed E-state index contributed by atoms with van der Waals surface area (Å²) < 4.78 is 15.0. The van der Waals surface area contributed by atoms with Gasteiger partial charge >= 0.3 is 5.97 Å². The van der Waals surface area contributed by atoms with E-state index in [1.807, 2.05) is 6.07 Å². The van der Waals surface area contributed by atoms with Gasteiger partial charge in [0.25, 0.3) is 0 Å². The van der Waals surface area contributed by atoms with E-state index in [4.69, 9.17) is 9.47 Å². The molecule has 0 radical (unpaired) electrons. The molecule has 3 aromatic rings. The van der Waals surface area contributed by atoms with Crippen LogP contribution in [0.25, 0.3) is 22.2 Å². The summed E-state index contributed by atoms with van der Waals surface area (Å²) in [6, 6.07) is 12.3. The van der Waals surface area contributed by atoms with E-state index >= 15 is 0 Å². The van der Waals surface area contributed by atoms with Crippen LogP contribution in [-0.4, -0.2) is 72.6 Å². The third kappa shape index (κ3) is 6.04. The van der Waals surface area contributed by atoms with Crippen molar-refractivity contribution in [2.45, 2.75) is 83.8 Å². The van der Waals surface area contributed by atoms with Crippen LogP contribution in [0.3, 0.4) is 0 Å². The second-order valence-electron chi connectivity index (χ2n) is 12.6. The molecule has 7 nitrogen and oxygen atoms in total. The summed E-state index contributed by atoms with van der Waals surface area (Å²) >= 11 is 0. The molecule has 0 atom stereocenters. The minimum atomic E-state index is -0.882. The van der Waals surface area contributed by atoms with Crippen molar-refractivity contribution in [2.75, 3.05) is 50.8 Å². The van der Waals surface area contributed by atoms with E-state index in [9.17, 15) is 9.90 Å². The third-order valence-electron chi connectivity index (χ3n) is 9.46. The van der Waals surface area contributed by atoms with Crippen LogP contribution in [0.15, 0.2) is 36.4 Å². The number of nitrogens with zero attached hydrogens (tertiary/aromatic N) is 3. The highest BCUT2D eigenvalue weighted by molar-refractivity contribution is 5.99. The molecule has 0 amide bonds. The number of hydrogen-bond acceptors (Lipinski definition) is 5. The zero-order chi connectivity index (χ0) is 29.1. The standard InChI is InChI=1S/C35H47N3O4/c1-25(2)41-22-20-37(19-18-36-16-7-4-8-17-36)30-13-9-12-29-33-32(26-10-5-3-6-11-26)28-15-14-27(35(39)40)24-31(28)38(33)21-23-42-34(29)30/h9,12-15,24-26H,3-8,10-11,16-23H2,1-2H3,(H,39,40). The molecule has 1 aliphatic carbocycles. The maximum Gasteiger partial charge on any atom is 0.335 e. The number of ether oxygens (including phenoxy) is 2. The Morgan fingerprint density at radius 1 is 1.02 bits per heavy atom. The number of fused-ring (bicyclic) bond motifs is 5. The van der Waals surface area contributed by atoms with Crippen molar-refractivity contribution in [1.29, 1.82) is 0 Å². The SMILES string of the molecule is CC(C)OCCN(CCN1CCCCC1)c1cccc2c1OCCn1c-2c(C2CCCCC2)c2ccc(C(=O)O)cc21. The molecule has 1 N–H and O–H groups in total. The van der Waals surface area contributed by atoms with Gasteiger partial charge in [-0.25, -0.2) is 4.79 Å². The molecule has 0 unspecified atom stereocenters. The Balaban J connectivity index is 1.44. The highest BCUT2D eigenvalue weighted by Crippen LogP contribution is 2.49. The summed E-state index contributed by atoms with van der Waals surface area (Å²) in [5.74, 6) is 0.544. The van der Waals surface area contributed by atoms with Crippen LogP contribution in [0, 0.1) is 0 Å². The van der Waals surface area contributed by atoms with Gasteiger partial charge in [-0.1, -0.05) is 37.8 Å². The Hall–Kier alpha value is -3.03. The first-order chi connectivity index (χ1) is 20.5. The van der Waals surface area contributed by atoms with Gasteiger partial charge in [0.2, 0.25) is 0 Å². The quantitative estimate of drug-likeness (QED) is 0.278. The maximum atomic E-state index is 12.0. The van der Waals surface area contributed by atoms with Gasteiger partial charge in [0.15, 0.2) is 5.75 Å². The molecule has 2 aromatic carbocycles. The average Bonchev–Trinajstić information content (AvgIpc) is 3.20.